The van der Waals surface area contributed by atoms with Crippen molar-refractivity contribution >= 4 is 34.2 Å². The lowest BCUT2D eigenvalue weighted by Gasteiger charge is -2.33. The van der Waals surface area contributed by atoms with Crippen molar-refractivity contribution in [3.05, 3.63) is 88.8 Å². The Labute approximate surface area is 261 Å². The first-order valence-electron chi connectivity index (χ1n) is 14.0. The smallest absolute Gasteiger partial charge is 0.416 e. The van der Waals surface area contributed by atoms with Crippen LogP contribution in [-0.2, 0) is 19.8 Å². The molecule has 1 fully saturated rings. The zero-order valence-electron chi connectivity index (χ0n) is 24.3. The molecule has 1 aliphatic rings. The van der Waals surface area contributed by atoms with Crippen LogP contribution in [0.1, 0.15) is 21.5 Å². The van der Waals surface area contributed by atoms with Crippen LogP contribution in [0.3, 0.4) is 0 Å². The van der Waals surface area contributed by atoms with E-state index in [2.05, 4.69) is 30.3 Å². The predicted molar refractivity (Wildman–Crippen MR) is 163 cm³/mol. The molecule has 6 rings (SSSR count). The summed E-state index contributed by atoms with van der Waals surface area (Å²) in [4.78, 5) is 30.7. The van der Waals surface area contributed by atoms with Gasteiger partial charge in [-0.15, -0.1) is 0 Å². The van der Waals surface area contributed by atoms with Gasteiger partial charge in [0.25, 0.3) is 5.91 Å². The molecule has 0 saturated carbocycles. The summed E-state index contributed by atoms with van der Waals surface area (Å²) in [6.07, 6.45) is 0.219. The number of piperazine rings is 1. The number of alkyl halides is 3. The fraction of sp³-hybridized carbons (Fsp3) is 0.258. The van der Waals surface area contributed by atoms with Crippen LogP contribution < -0.4 is 10.1 Å². The summed E-state index contributed by atoms with van der Waals surface area (Å²) in [5.41, 5.74) is 0.530. The van der Waals surface area contributed by atoms with Gasteiger partial charge >= 0.3 is 6.18 Å². The molecule has 10 nitrogen and oxygen atoms in total. The molecule has 1 N–H and O–H groups in total. The fourth-order valence-electron chi connectivity index (χ4n) is 5.05. The van der Waals surface area contributed by atoms with Gasteiger partial charge in [-0.05, 0) is 55.1 Å². The number of halogens is 4. The Morgan fingerprint density at radius 2 is 1.82 bits per heavy atom. The molecule has 0 spiro atoms. The van der Waals surface area contributed by atoms with Crippen molar-refractivity contribution in [2.45, 2.75) is 12.7 Å². The van der Waals surface area contributed by atoms with Crippen LogP contribution in [0, 0.1) is 0 Å². The van der Waals surface area contributed by atoms with E-state index in [1.54, 1.807) is 42.5 Å². The van der Waals surface area contributed by atoms with Crippen molar-refractivity contribution < 1.29 is 22.7 Å². The molecule has 0 unspecified atom stereocenters. The van der Waals surface area contributed by atoms with Crippen LogP contribution >= 0.6 is 11.6 Å². The number of benzene rings is 2. The third-order valence-corrected chi connectivity index (χ3v) is 7.87. The Kier molecular flexibility index (Phi) is 8.40. The third-order valence-electron chi connectivity index (χ3n) is 7.54. The predicted octanol–water partition coefficient (Wildman–Crippen LogP) is 5.89. The van der Waals surface area contributed by atoms with Gasteiger partial charge in [0.05, 0.1) is 22.3 Å². The number of pyridine rings is 1. The van der Waals surface area contributed by atoms with Gasteiger partial charge in [0.2, 0.25) is 5.88 Å². The van der Waals surface area contributed by atoms with Crippen LogP contribution in [0.2, 0.25) is 5.02 Å². The number of nitrogens with zero attached hydrogens (tertiary/aromatic N) is 7. The molecule has 232 valence electrons. The molecule has 1 saturated heterocycles. The Hall–Kier alpha value is -4.59. The number of likely N-dealkylation sites (N-methyl/N-ethyl adjacent to an activating group) is 1. The van der Waals surface area contributed by atoms with Gasteiger partial charge in [-0.2, -0.15) is 23.3 Å². The Balaban J connectivity index is 1.25. The number of carbonyl (C=O) groups is 1. The van der Waals surface area contributed by atoms with Gasteiger partial charge in [0.15, 0.2) is 11.5 Å². The molecule has 5 aromatic rings. The van der Waals surface area contributed by atoms with Crippen LogP contribution in [0.25, 0.3) is 22.4 Å². The van der Waals surface area contributed by atoms with E-state index in [-0.39, 0.29) is 40.0 Å². The number of hydrogen-bond donors (Lipinski definition) is 1. The van der Waals surface area contributed by atoms with Crippen molar-refractivity contribution in [3.63, 3.8) is 0 Å². The second kappa shape index (κ2) is 12.4. The summed E-state index contributed by atoms with van der Waals surface area (Å²) < 4.78 is 49.9. The number of fused-ring (bicyclic) bond motifs is 1. The van der Waals surface area contributed by atoms with Crippen molar-refractivity contribution in [2.24, 2.45) is 7.05 Å². The molecule has 0 bridgehead atoms. The Morgan fingerprint density at radius 1 is 1.02 bits per heavy atom. The molecule has 0 aliphatic carbocycles. The minimum Gasteiger partial charge on any atom is -0.438 e. The lowest BCUT2D eigenvalue weighted by molar-refractivity contribution is -0.138. The lowest BCUT2D eigenvalue weighted by Crippen LogP contribution is -2.44. The number of nitrogens with one attached hydrogen (secondary N) is 1. The van der Waals surface area contributed by atoms with E-state index in [4.69, 9.17) is 16.3 Å². The summed E-state index contributed by atoms with van der Waals surface area (Å²) in [5, 5.41) is 7.43. The molecular weight excluding hydrogens is 609 g/mol. The highest BCUT2D eigenvalue weighted by Crippen LogP contribution is 2.36. The molecule has 2 aromatic carbocycles. The summed E-state index contributed by atoms with van der Waals surface area (Å²) in [7, 11) is 3.72. The molecule has 14 heteroatoms. The van der Waals surface area contributed by atoms with Gasteiger partial charge in [-0.25, -0.2) is 4.98 Å². The minimum absolute atomic E-state index is 0.00760. The van der Waals surface area contributed by atoms with E-state index in [0.29, 0.717) is 35.5 Å². The molecule has 4 heterocycles. The quantitative estimate of drug-likeness (QED) is 0.236. The normalized spacial score (nSPS) is 14.5. The number of aromatic nitrogens is 5. The fourth-order valence-corrected chi connectivity index (χ4v) is 5.26. The van der Waals surface area contributed by atoms with E-state index in [1.807, 2.05) is 18.0 Å². The van der Waals surface area contributed by atoms with Crippen molar-refractivity contribution in [1.82, 2.24) is 34.5 Å². The molecule has 0 atom stereocenters. The maximum absolute atomic E-state index is 14.1. The molecule has 0 radical (unpaired) electrons. The highest BCUT2D eigenvalue weighted by molar-refractivity contribution is 6.34. The van der Waals surface area contributed by atoms with Gasteiger partial charge < -0.3 is 15.0 Å². The van der Waals surface area contributed by atoms with Crippen LogP contribution in [0.5, 0.6) is 11.6 Å². The third kappa shape index (κ3) is 6.75. The van der Waals surface area contributed by atoms with Crippen molar-refractivity contribution in [3.8, 4) is 23.0 Å². The number of anilines is 1. The summed E-state index contributed by atoms with van der Waals surface area (Å²) in [6.45, 7) is 3.09. The van der Waals surface area contributed by atoms with Crippen molar-refractivity contribution in [2.75, 3.05) is 38.5 Å². The van der Waals surface area contributed by atoms with E-state index in [9.17, 15) is 18.0 Å². The largest absolute Gasteiger partial charge is 0.438 e. The molecule has 1 amide bonds. The summed E-state index contributed by atoms with van der Waals surface area (Å²) in [5.74, 6) is 0.0729. The lowest BCUT2D eigenvalue weighted by atomic mass is 10.0. The monoisotopic (exact) mass is 636 g/mol. The zero-order chi connectivity index (χ0) is 31.7. The first kappa shape index (κ1) is 30.4. The first-order chi connectivity index (χ1) is 21.5. The Bertz CT molecular complexity index is 1860. The summed E-state index contributed by atoms with van der Waals surface area (Å²) in [6, 6.07) is 11.8. The zero-order valence-corrected chi connectivity index (χ0v) is 25.1. The molecule has 3 aromatic heterocycles. The number of aryl methyl sites for hydroxylation is 1. The van der Waals surface area contributed by atoms with Crippen LogP contribution in [0.15, 0.2) is 67.1 Å². The van der Waals surface area contributed by atoms with E-state index in [1.165, 1.54) is 24.3 Å². The number of rotatable bonds is 7. The van der Waals surface area contributed by atoms with E-state index < -0.39 is 17.6 Å². The highest BCUT2D eigenvalue weighted by Gasteiger charge is 2.34. The number of amides is 1. The maximum atomic E-state index is 14.1. The maximum Gasteiger partial charge on any atom is 0.416 e. The average molecular weight is 637 g/mol. The van der Waals surface area contributed by atoms with Gasteiger partial charge in [-0.3, -0.25) is 19.4 Å². The SMILES string of the molecule is CN1CCN(Cc2ccc(NC(=O)c3cc(Oc4nc(-c5cccnc5)nc5c4cnn5C)ccc3Cl)cc2C(F)(F)F)CC1. The van der Waals surface area contributed by atoms with Gasteiger partial charge in [0, 0.05) is 63.4 Å². The van der Waals surface area contributed by atoms with E-state index >= 15 is 0 Å². The summed E-state index contributed by atoms with van der Waals surface area (Å²) >= 11 is 6.36. The molecular formula is C31H28ClF3N8O2. The van der Waals surface area contributed by atoms with Gasteiger partial charge in [-0.1, -0.05) is 17.7 Å². The van der Waals surface area contributed by atoms with Crippen LogP contribution in [0.4, 0.5) is 18.9 Å². The highest BCUT2D eigenvalue weighted by atomic mass is 35.5. The van der Waals surface area contributed by atoms with E-state index in [0.717, 1.165) is 19.2 Å². The van der Waals surface area contributed by atoms with Crippen LogP contribution in [-0.4, -0.2) is 73.7 Å². The topological polar surface area (TPSA) is 101 Å². The molecule has 45 heavy (non-hydrogen) atoms. The standard InChI is InChI=1S/C31H28ClF3N8O2/c1-41-10-12-43(13-11-41)18-20-5-6-21(14-25(20)31(33,34)35)38-29(44)23-15-22(7-8-26(23)32)45-30-24-17-37-42(2)28(24)39-27(40-30)19-4-3-9-36-16-19/h3-9,14-17H,10-13,18H2,1-2H3,(H,38,44). The molecule has 1 aliphatic heterocycles. The number of ether oxygens (including phenoxy) is 1. The average Bonchev–Trinajstić information content (AvgIpc) is 3.40. The van der Waals surface area contributed by atoms with Crippen molar-refractivity contribution in [1.29, 1.82) is 0 Å². The van der Waals surface area contributed by atoms with Gasteiger partial charge in [0.1, 0.15) is 11.1 Å². The number of carbonyl (C=O) groups excluding carboxylic acids is 1. The number of hydrogen-bond acceptors (Lipinski definition) is 8. The minimum atomic E-state index is -4.60. The second-order valence-corrected chi connectivity index (χ2v) is 11.2. The first-order valence-corrected chi connectivity index (χ1v) is 14.4. The second-order valence-electron chi connectivity index (χ2n) is 10.7. The Morgan fingerprint density at radius 3 is 2.56 bits per heavy atom.